The second-order valence-electron chi connectivity index (χ2n) is 7.13. The Balaban J connectivity index is 0.00000280. The highest BCUT2D eigenvalue weighted by Crippen LogP contribution is 2.39. The fraction of sp³-hybridized carbons (Fsp3) is 0.381. The number of amides is 1. The number of ether oxygens (including phenoxy) is 2. The van der Waals surface area contributed by atoms with Crippen LogP contribution in [0, 0.1) is 5.92 Å². The largest absolute Gasteiger partial charge is 0.493 e. The van der Waals surface area contributed by atoms with E-state index in [4.69, 9.17) is 26.8 Å². The Labute approximate surface area is 177 Å². The maximum atomic E-state index is 12.7. The summed E-state index contributed by atoms with van der Waals surface area (Å²) >= 11 is 5.90. The van der Waals surface area contributed by atoms with Crippen LogP contribution in [0.3, 0.4) is 0 Å². The van der Waals surface area contributed by atoms with Crippen LogP contribution in [0.2, 0.25) is 5.02 Å². The summed E-state index contributed by atoms with van der Waals surface area (Å²) in [4.78, 5) is 12.7. The van der Waals surface area contributed by atoms with Crippen molar-refractivity contribution in [2.24, 2.45) is 11.7 Å². The van der Waals surface area contributed by atoms with Gasteiger partial charge in [-0.25, -0.2) is 0 Å². The molecule has 1 fully saturated rings. The number of nitrogens with two attached hydrogens (primary N) is 1. The van der Waals surface area contributed by atoms with E-state index >= 15 is 0 Å². The minimum absolute atomic E-state index is 0. The molecule has 1 amide bonds. The summed E-state index contributed by atoms with van der Waals surface area (Å²) in [5, 5.41) is 3.77. The highest BCUT2D eigenvalue weighted by atomic mass is 35.5. The highest BCUT2D eigenvalue weighted by Gasteiger charge is 2.41. The predicted octanol–water partition coefficient (Wildman–Crippen LogP) is 4.21. The Morgan fingerprint density at radius 2 is 1.89 bits per heavy atom. The summed E-state index contributed by atoms with van der Waals surface area (Å²) in [6.45, 7) is 2.80. The van der Waals surface area contributed by atoms with E-state index in [1.54, 1.807) is 25.3 Å². The molecule has 0 spiro atoms. The number of rotatable bonds is 8. The molecular formula is C21H26Cl2N2O3. The Morgan fingerprint density at radius 3 is 2.46 bits per heavy atom. The molecule has 0 radical (unpaired) electrons. The molecule has 0 aromatic heterocycles. The molecule has 0 heterocycles. The lowest BCUT2D eigenvalue weighted by Crippen LogP contribution is -2.53. The fourth-order valence-electron chi connectivity index (χ4n) is 3.04. The van der Waals surface area contributed by atoms with Gasteiger partial charge in [-0.3, -0.25) is 4.79 Å². The van der Waals surface area contributed by atoms with Gasteiger partial charge in [0.25, 0.3) is 5.91 Å². The van der Waals surface area contributed by atoms with Crippen molar-refractivity contribution in [3.63, 3.8) is 0 Å². The summed E-state index contributed by atoms with van der Waals surface area (Å²) in [5.74, 6) is 1.39. The number of halogens is 2. The van der Waals surface area contributed by atoms with Crippen LogP contribution < -0.4 is 20.5 Å². The minimum atomic E-state index is -0.367. The summed E-state index contributed by atoms with van der Waals surface area (Å²) in [6.07, 6.45) is 2.21. The standard InChI is InChI=1S/C21H25ClN2O3.ClH/c1-21(13-23,16-6-7-16)24-20(25)15-5-10-18(19(11-15)26-2)27-12-14-3-8-17(22)9-4-14;/h3-5,8-11,16H,6-7,12-13,23H2,1-2H3,(H,24,25);1H. The minimum Gasteiger partial charge on any atom is -0.493 e. The first-order valence-corrected chi connectivity index (χ1v) is 9.41. The Morgan fingerprint density at radius 1 is 1.21 bits per heavy atom. The number of hydrogen-bond donors (Lipinski definition) is 2. The molecule has 3 rings (SSSR count). The van der Waals surface area contributed by atoms with Crippen molar-refractivity contribution in [2.45, 2.75) is 31.9 Å². The monoisotopic (exact) mass is 424 g/mol. The first-order chi connectivity index (χ1) is 12.9. The van der Waals surface area contributed by atoms with Crippen LogP contribution in [0.15, 0.2) is 42.5 Å². The molecule has 1 unspecified atom stereocenters. The second-order valence-corrected chi connectivity index (χ2v) is 7.57. The molecule has 0 bridgehead atoms. The van der Waals surface area contributed by atoms with Crippen molar-refractivity contribution < 1.29 is 14.3 Å². The second kappa shape index (κ2) is 9.50. The molecule has 1 aliphatic rings. The first-order valence-electron chi connectivity index (χ1n) is 9.03. The summed E-state index contributed by atoms with van der Waals surface area (Å²) in [7, 11) is 1.56. The molecule has 2 aromatic rings. The van der Waals surface area contributed by atoms with Gasteiger partial charge < -0.3 is 20.5 Å². The fourth-order valence-corrected chi connectivity index (χ4v) is 3.17. The molecule has 1 atom stereocenters. The molecule has 5 nitrogen and oxygen atoms in total. The van der Waals surface area contributed by atoms with Gasteiger partial charge in [-0.1, -0.05) is 23.7 Å². The summed E-state index contributed by atoms with van der Waals surface area (Å²) in [5.41, 5.74) is 7.04. The number of nitrogens with one attached hydrogen (secondary N) is 1. The van der Waals surface area contributed by atoms with Crippen molar-refractivity contribution in [1.29, 1.82) is 0 Å². The zero-order valence-electron chi connectivity index (χ0n) is 16.0. The maximum Gasteiger partial charge on any atom is 0.251 e. The van der Waals surface area contributed by atoms with E-state index in [2.05, 4.69) is 5.32 Å². The third-order valence-corrected chi connectivity index (χ3v) is 5.29. The van der Waals surface area contributed by atoms with Crippen molar-refractivity contribution in [3.05, 3.63) is 58.6 Å². The lowest BCUT2D eigenvalue weighted by Gasteiger charge is -2.29. The number of carbonyl (C=O) groups excluding carboxylic acids is 1. The van der Waals surface area contributed by atoms with E-state index in [0.717, 1.165) is 18.4 Å². The lowest BCUT2D eigenvalue weighted by atomic mass is 9.95. The van der Waals surface area contributed by atoms with Gasteiger partial charge in [0.2, 0.25) is 0 Å². The molecule has 28 heavy (non-hydrogen) atoms. The van der Waals surface area contributed by atoms with Gasteiger partial charge >= 0.3 is 0 Å². The van der Waals surface area contributed by atoms with E-state index in [0.29, 0.717) is 41.2 Å². The average molecular weight is 425 g/mol. The van der Waals surface area contributed by atoms with E-state index in [1.165, 1.54) is 0 Å². The van der Waals surface area contributed by atoms with Crippen LogP contribution in [-0.4, -0.2) is 25.1 Å². The smallest absolute Gasteiger partial charge is 0.251 e. The normalized spacial score (nSPS) is 15.1. The van der Waals surface area contributed by atoms with Crippen LogP contribution in [0.25, 0.3) is 0 Å². The number of hydrogen-bond acceptors (Lipinski definition) is 4. The summed E-state index contributed by atoms with van der Waals surface area (Å²) < 4.78 is 11.2. The van der Waals surface area contributed by atoms with Crippen LogP contribution in [0.1, 0.15) is 35.7 Å². The van der Waals surface area contributed by atoms with Gasteiger partial charge in [0.05, 0.1) is 12.6 Å². The van der Waals surface area contributed by atoms with Crippen molar-refractivity contribution in [2.75, 3.05) is 13.7 Å². The van der Waals surface area contributed by atoms with E-state index in [1.807, 2.05) is 31.2 Å². The van der Waals surface area contributed by atoms with Crippen molar-refractivity contribution in [3.8, 4) is 11.5 Å². The topological polar surface area (TPSA) is 73.6 Å². The molecule has 152 valence electrons. The van der Waals surface area contributed by atoms with Gasteiger partial charge in [-0.15, -0.1) is 12.4 Å². The van der Waals surface area contributed by atoms with E-state index < -0.39 is 0 Å². The SMILES string of the molecule is COc1cc(C(=O)NC(C)(CN)C2CC2)ccc1OCc1ccc(Cl)cc1.Cl. The van der Waals surface area contributed by atoms with Crippen LogP contribution in [0.5, 0.6) is 11.5 Å². The molecule has 1 aliphatic carbocycles. The zero-order chi connectivity index (χ0) is 19.4. The van der Waals surface area contributed by atoms with Gasteiger partial charge in [0.1, 0.15) is 6.61 Å². The maximum absolute atomic E-state index is 12.7. The molecule has 1 saturated carbocycles. The first kappa shape index (κ1) is 22.3. The molecule has 2 aromatic carbocycles. The molecule has 3 N–H and O–H groups in total. The quantitative estimate of drug-likeness (QED) is 0.665. The number of carbonyl (C=O) groups is 1. The van der Waals surface area contributed by atoms with Crippen molar-refractivity contribution in [1.82, 2.24) is 5.32 Å². The Hall–Kier alpha value is -1.95. The van der Waals surface area contributed by atoms with Gasteiger partial charge in [-0.05, 0) is 61.6 Å². The highest BCUT2D eigenvalue weighted by molar-refractivity contribution is 6.30. The molecular weight excluding hydrogens is 399 g/mol. The van der Waals surface area contributed by atoms with Crippen LogP contribution in [0.4, 0.5) is 0 Å². The lowest BCUT2D eigenvalue weighted by molar-refractivity contribution is 0.0897. The van der Waals surface area contributed by atoms with Crippen LogP contribution in [-0.2, 0) is 6.61 Å². The third-order valence-electron chi connectivity index (χ3n) is 5.03. The Bertz CT molecular complexity index is 810. The van der Waals surface area contributed by atoms with Gasteiger partial charge in [0, 0.05) is 17.1 Å². The summed E-state index contributed by atoms with van der Waals surface area (Å²) in [6, 6.07) is 12.6. The molecule has 0 saturated heterocycles. The van der Waals surface area contributed by atoms with E-state index in [9.17, 15) is 4.79 Å². The van der Waals surface area contributed by atoms with Gasteiger partial charge in [-0.2, -0.15) is 0 Å². The molecule has 0 aliphatic heterocycles. The molecule has 7 heteroatoms. The number of methoxy groups -OCH3 is 1. The van der Waals surface area contributed by atoms with Crippen LogP contribution >= 0.6 is 24.0 Å². The van der Waals surface area contributed by atoms with Gasteiger partial charge in [0.15, 0.2) is 11.5 Å². The Kier molecular flexibility index (Phi) is 7.58. The zero-order valence-corrected chi connectivity index (χ0v) is 17.6. The third kappa shape index (κ3) is 5.31. The van der Waals surface area contributed by atoms with Crippen molar-refractivity contribution >= 4 is 29.9 Å². The number of benzene rings is 2. The van der Waals surface area contributed by atoms with E-state index in [-0.39, 0.29) is 23.9 Å². The predicted molar refractivity (Wildman–Crippen MR) is 114 cm³/mol. The average Bonchev–Trinajstić information content (AvgIpc) is 3.53.